The van der Waals surface area contributed by atoms with Crippen LogP contribution in [-0.4, -0.2) is 67.1 Å². The van der Waals surface area contributed by atoms with Crippen LogP contribution in [0.1, 0.15) is 21.1 Å². The van der Waals surface area contributed by atoms with E-state index in [-0.39, 0.29) is 0 Å². The quantitative estimate of drug-likeness (QED) is 0.391. The van der Waals surface area contributed by atoms with Gasteiger partial charge >= 0.3 is 24.3 Å². The maximum Gasteiger partial charge on any atom is 0.490 e. The van der Waals surface area contributed by atoms with E-state index < -0.39 is 24.3 Å². The molecule has 0 amide bonds. The molecule has 0 bridgehead atoms. The van der Waals surface area contributed by atoms with Gasteiger partial charge in [-0.2, -0.15) is 26.3 Å². The number of fused-ring (bicyclic) bond motifs is 1. The van der Waals surface area contributed by atoms with Gasteiger partial charge in [0.1, 0.15) is 5.82 Å². The number of aryl methyl sites for hydroxylation is 1. The van der Waals surface area contributed by atoms with Crippen LogP contribution in [0.25, 0.3) is 0 Å². The first-order chi connectivity index (χ1) is 18.6. The van der Waals surface area contributed by atoms with Crippen molar-refractivity contribution in [1.29, 1.82) is 0 Å². The third-order valence-corrected chi connectivity index (χ3v) is 6.13. The first kappa shape index (κ1) is 32.7. The van der Waals surface area contributed by atoms with Gasteiger partial charge in [0.15, 0.2) is 0 Å². The summed E-state index contributed by atoms with van der Waals surface area (Å²) in [4.78, 5) is 31.8. The second kappa shape index (κ2) is 14.8. The minimum atomic E-state index is -5.08. The Hall–Kier alpha value is -3.50. The molecule has 4 heterocycles. The summed E-state index contributed by atoms with van der Waals surface area (Å²) in [5.41, 5.74) is 1.12. The molecule has 0 aliphatic carbocycles. The molecule has 40 heavy (non-hydrogen) atoms. The number of rotatable bonds is 6. The van der Waals surface area contributed by atoms with E-state index in [4.69, 9.17) is 24.5 Å². The molecule has 16 heteroatoms. The van der Waals surface area contributed by atoms with Crippen LogP contribution < -0.4 is 0 Å². The summed E-state index contributed by atoms with van der Waals surface area (Å²) >= 11 is 1.88. The summed E-state index contributed by atoms with van der Waals surface area (Å²) in [6, 6.07) is 8.45. The Morgan fingerprint density at radius 3 is 2.23 bits per heavy atom. The summed E-state index contributed by atoms with van der Waals surface area (Å²) in [6.45, 7) is 7.37. The molecule has 220 valence electrons. The number of carboxylic acid groups (broad SMARTS) is 2. The monoisotopic (exact) mass is 596 g/mol. The molecule has 3 aromatic heterocycles. The van der Waals surface area contributed by atoms with Crippen LogP contribution in [0.5, 0.6) is 0 Å². The molecule has 1 unspecified atom stereocenters. The lowest BCUT2D eigenvalue weighted by atomic mass is 10.1. The number of aromatic nitrogens is 3. The Bertz CT molecular complexity index is 1190. The van der Waals surface area contributed by atoms with Gasteiger partial charge in [-0.25, -0.2) is 14.6 Å². The first-order valence-electron chi connectivity index (χ1n) is 11.5. The molecule has 9 nitrogen and oxygen atoms in total. The van der Waals surface area contributed by atoms with Crippen molar-refractivity contribution < 1.29 is 50.9 Å². The topological polar surface area (TPSA) is 118 Å². The lowest BCUT2D eigenvalue weighted by molar-refractivity contribution is -0.193. The third-order valence-electron chi connectivity index (χ3n) is 5.14. The highest BCUT2D eigenvalue weighted by Gasteiger charge is 2.38. The third kappa shape index (κ3) is 11.7. The number of imidazole rings is 1. The maximum atomic E-state index is 10.6. The predicted octanol–water partition coefficient (Wildman–Crippen LogP) is 4.76. The number of carboxylic acids is 2. The molecule has 1 aliphatic heterocycles. The van der Waals surface area contributed by atoms with Gasteiger partial charge in [-0.05, 0) is 30.7 Å². The zero-order valence-electron chi connectivity index (χ0n) is 21.0. The fraction of sp³-hybridized carbons (Fsp3) is 0.417. The molecule has 4 rings (SSSR count). The molecule has 1 atom stereocenters. The van der Waals surface area contributed by atoms with Gasteiger partial charge in [-0.15, -0.1) is 11.3 Å². The number of nitrogens with zero attached hydrogens (tertiary/aromatic N) is 4. The Labute approximate surface area is 228 Å². The summed E-state index contributed by atoms with van der Waals surface area (Å²) < 4.78 is 71.8. The molecular weight excluding hydrogens is 570 g/mol. The van der Waals surface area contributed by atoms with Crippen LogP contribution in [-0.2, 0) is 40.6 Å². The Kier molecular flexibility index (Phi) is 12.1. The van der Waals surface area contributed by atoms with Crippen LogP contribution in [0, 0.1) is 12.8 Å². The molecule has 0 saturated heterocycles. The van der Waals surface area contributed by atoms with Crippen LogP contribution in [0.4, 0.5) is 26.3 Å². The summed E-state index contributed by atoms with van der Waals surface area (Å²) in [5.74, 6) is -3.92. The molecule has 0 fully saturated rings. The van der Waals surface area contributed by atoms with Crippen LogP contribution in [0.3, 0.4) is 0 Å². The molecule has 0 saturated carbocycles. The van der Waals surface area contributed by atoms with Crippen molar-refractivity contribution in [3.05, 3.63) is 70.2 Å². The van der Waals surface area contributed by atoms with E-state index in [1.54, 1.807) is 6.20 Å². The Morgan fingerprint density at radius 1 is 1.05 bits per heavy atom. The molecule has 2 N–H and O–H groups in total. The number of alkyl halides is 6. The van der Waals surface area contributed by atoms with E-state index >= 15 is 0 Å². The molecule has 0 radical (unpaired) electrons. The van der Waals surface area contributed by atoms with Crippen molar-refractivity contribution in [2.75, 3.05) is 13.2 Å². The molecule has 0 aromatic carbocycles. The van der Waals surface area contributed by atoms with Gasteiger partial charge in [0.05, 0.1) is 19.8 Å². The number of aliphatic carboxylic acids is 2. The highest BCUT2D eigenvalue weighted by molar-refractivity contribution is 7.11. The standard InChI is InChI=1S/C20H24N4OS.2C2HF3O2/c1-16-4-5-19(26-16)12-23-10-18(11-24-8-7-22-20(24)13-23)15-25-14-17-3-2-6-21-9-17;2*3-2(4,5)1(6)7/h2-9,18H,10-15H2,1H3;2*(H,6,7). The lowest BCUT2D eigenvalue weighted by Crippen LogP contribution is -2.29. The minimum Gasteiger partial charge on any atom is -0.475 e. The van der Waals surface area contributed by atoms with Crippen molar-refractivity contribution in [3.63, 3.8) is 0 Å². The number of ether oxygens (including phenoxy) is 1. The van der Waals surface area contributed by atoms with E-state index in [2.05, 4.69) is 50.8 Å². The van der Waals surface area contributed by atoms with Crippen molar-refractivity contribution in [2.24, 2.45) is 5.92 Å². The van der Waals surface area contributed by atoms with Gasteiger partial charge in [0.2, 0.25) is 0 Å². The highest BCUT2D eigenvalue weighted by atomic mass is 32.1. The normalized spacial score (nSPS) is 15.5. The Balaban J connectivity index is 0.000000333. The molecule has 1 aliphatic rings. The second-order valence-corrected chi connectivity index (χ2v) is 9.90. The van der Waals surface area contributed by atoms with Crippen molar-refractivity contribution in [1.82, 2.24) is 19.4 Å². The number of hydrogen-bond acceptors (Lipinski definition) is 7. The first-order valence-corrected chi connectivity index (χ1v) is 12.3. The van der Waals surface area contributed by atoms with Crippen molar-refractivity contribution in [2.45, 2.75) is 45.5 Å². The summed E-state index contributed by atoms with van der Waals surface area (Å²) in [7, 11) is 0. The van der Waals surface area contributed by atoms with Gasteiger partial charge in [-0.1, -0.05) is 6.07 Å². The maximum absolute atomic E-state index is 10.6. The van der Waals surface area contributed by atoms with Crippen molar-refractivity contribution >= 4 is 23.3 Å². The number of thiophene rings is 1. The van der Waals surface area contributed by atoms with Crippen LogP contribution in [0.15, 0.2) is 49.1 Å². The van der Waals surface area contributed by atoms with E-state index in [1.807, 2.05) is 29.8 Å². The van der Waals surface area contributed by atoms with E-state index in [0.29, 0.717) is 12.5 Å². The molecule has 3 aromatic rings. The Morgan fingerprint density at radius 2 is 1.70 bits per heavy atom. The lowest BCUT2D eigenvalue weighted by Gasteiger charge is -2.23. The SMILES string of the molecule is Cc1ccc(CN2Cc3nccn3CC(COCc3cccnc3)C2)s1.O=C(O)C(F)(F)F.O=C(O)C(F)(F)F. The number of carbonyl (C=O) groups is 2. The fourth-order valence-electron chi connectivity index (χ4n) is 3.47. The molecule has 0 spiro atoms. The smallest absolute Gasteiger partial charge is 0.475 e. The largest absolute Gasteiger partial charge is 0.490 e. The highest BCUT2D eigenvalue weighted by Crippen LogP contribution is 2.22. The zero-order valence-corrected chi connectivity index (χ0v) is 21.8. The van der Waals surface area contributed by atoms with E-state index in [9.17, 15) is 26.3 Å². The van der Waals surface area contributed by atoms with Gasteiger partial charge in [0, 0.05) is 60.1 Å². The average molecular weight is 597 g/mol. The number of pyridine rings is 1. The van der Waals surface area contributed by atoms with Gasteiger partial charge in [0.25, 0.3) is 0 Å². The number of halogens is 6. The van der Waals surface area contributed by atoms with Gasteiger partial charge < -0.3 is 19.5 Å². The average Bonchev–Trinajstić information content (AvgIpc) is 3.43. The number of hydrogen-bond donors (Lipinski definition) is 2. The van der Waals surface area contributed by atoms with Crippen LogP contribution in [0.2, 0.25) is 0 Å². The minimum absolute atomic E-state index is 0.447. The summed E-state index contributed by atoms with van der Waals surface area (Å²) in [6.07, 6.45) is -2.52. The van der Waals surface area contributed by atoms with Crippen LogP contribution >= 0.6 is 11.3 Å². The van der Waals surface area contributed by atoms with E-state index in [1.165, 1.54) is 9.75 Å². The fourth-order valence-corrected chi connectivity index (χ4v) is 4.40. The van der Waals surface area contributed by atoms with Gasteiger partial charge in [-0.3, -0.25) is 9.88 Å². The zero-order chi connectivity index (χ0) is 29.9. The van der Waals surface area contributed by atoms with E-state index in [0.717, 1.165) is 44.2 Å². The second-order valence-electron chi connectivity index (χ2n) is 8.53. The summed E-state index contributed by atoms with van der Waals surface area (Å²) in [5, 5.41) is 14.2. The predicted molar refractivity (Wildman–Crippen MR) is 130 cm³/mol. The van der Waals surface area contributed by atoms with Crippen molar-refractivity contribution in [3.8, 4) is 0 Å². The molecular formula is C24H26F6N4O5S.